The van der Waals surface area contributed by atoms with Gasteiger partial charge < -0.3 is 9.47 Å². The Bertz CT molecular complexity index is 849. The zero-order valence-electron chi connectivity index (χ0n) is 13.6. The van der Waals surface area contributed by atoms with Gasteiger partial charge in [-0.05, 0) is 42.7 Å². The number of nitrogens with zero attached hydrogens (tertiary/aromatic N) is 3. The van der Waals surface area contributed by atoms with Crippen LogP contribution in [0, 0.1) is 0 Å². The molecule has 6 heteroatoms. The number of hydrogen-bond donors (Lipinski definition) is 0. The van der Waals surface area contributed by atoms with Crippen molar-refractivity contribution < 1.29 is 4.79 Å². The van der Waals surface area contributed by atoms with Gasteiger partial charge in [0.2, 0.25) is 0 Å². The predicted molar refractivity (Wildman–Crippen MR) is 104 cm³/mol. The third kappa shape index (κ3) is 3.55. The molecule has 1 amide bonds. The maximum atomic E-state index is 12.8. The van der Waals surface area contributed by atoms with Crippen molar-refractivity contribution in [2.45, 2.75) is 18.9 Å². The van der Waals surface area contributed by atoms with E-state index in [1.54, 1.807) is 11.3 Å². The van der Waals surface area contributed by atoms with Crippen LogP contribution in [-0.4, -0.2) is 33.4 Å². The monoisotopic (exact) mass is 415 g/mol. The quantitative estimate of drug-likeness (QED) is 0.612. The Morgan fingerprint density at radius 1 is 1.12 bits per heavy atom. The van der Waals surface area contributed by atoms with Crippen LogP contribution in [-0.2, 0) is 0 Å². The molecule has 1 aliphatic heterocycles. The van der Waals surface area contributed by atoms with Crippen LogP contribution in [0.3, 0.4) is 0 Å². The maximum absolute atomic E-state index is 12.8. The Morgan fingerprint density at radius 3 is 2.56 bits per heavy atom. The Kier molecular flexibility index (Phi) is 4.72. The number of hydrogen-bond acceptors (Lipinski definition) is 3. The first-order valence-electron chi connectivity index (χ1n) is 8.33. The SMILES string of the molecule is O=C(c1ccc(-c2ccc(Br)cc2)s1)N1CCC(n2ccnc2)CC1. The molecule has 0 saturated carbocycles. The van der Waals surface area contributed by atoms with Gasteiger partial charge in [-0.25, -0.2) is 4.98 Å². The third-order valence-electron chi connectivity index (χ3n) is 4.64. The maximum Gasteiger partial charge on any atom is 0.263 e. The number of rotatable bonds is 3. The van der Waals surface area contributed by atoms with Crippen molar-refractivity contribution >= 4 is 33.2 Å². The summed E-state index contributed by atoms with van der Waals surface area (Å²) >= 11 is 5.02. The summed E-state index contributed by atoms with van der Waals surface area (Å²) in [5, 5.41) is 0. The molecular formula is C19H18BrN3OS. The molecule has 0 N–H and O–H groups in total. The number of amides is 1. The van der Waals surface area contributed by atoms with Crippen molar-refractivity contribution in [3.63, 3.8) is 0 Å². The van der Waals surface area contributed by atoms with Crippen LogP contribution < -0.4 is 0 Å². The standard InChI is InChI=1S/C19H18BrN3OS/c20-15-3-1-14(2-4-15)17-5-6-18(25-17)19(24)22-10-7-16(8-11-22)23-12-9-21-13-23/h1-6,9,12-13,16H,7-8,10-11H2. The van der Waals surface area contributed by atoms with Crippen LogP contribution in [0.1, 0.15) is 28.6 Å². The number of imidazole rings is 1. The van der Waals surface area contributed by atoms with Gasteiger partial charge in [0.15, 0.2) is 0 Å². The molecule has 1 aliphatic rings. The van der Waals surface area contributed by atoms with Crippen LogP contribution in [0.2, 0.25) is 0 Å². The molecular weight excluding hydrogens is 398 g/mol. The third-order valence-corrected chi connectivity index (χ3v) is 6.29. The van der Waals surface area contributed by atoms with E-state index in [1.165, 1.54) is 0 Å². The largest absolute Gasteiger partial charge is 0.338 e. The topological polar surface area (TPSA) is 38.1 Å². The summed E-state index contributed by atoms with van der Waals surface area (Å²) < 4.78 is 3.21. The minimum Gasteiger partial charge on any atom is -0.338 e. The fraction of sp³-hybridized carbons (Fsp3) is 0.263. The first-order valence-corrected chi connectivity index (χ1v) is 9.94. The average molecular weight is 416 g/mol. The molecule has 1 aromatic carbocycles. The van der Waals surface area contributed by atoms with Crippen molar-refractivity contribution in [1.82, 2.24) is 14.5 Å². The second-order valence-corrected chi connectivity index (χ2v) is 8.20. The normalized spacial score (nSPS) is 15.5. The minimum atomic E-state index is 0.150. The molecule has 2 aromatic heterocycles. The van der Waals surface area contributed by atoms with E-state index in [0.29, 0.717) is 6.04 Å². The van der Waals surface area contributed by atoms with Crippen molar-refractivity contribution in [3.8, 4) is 10.4 Å². The smallest absolute Gasteiger partial charge is 0.263 e. The zero-order valence-corrected chi connectivity index (χ0v) is 16.0. The lowest BCUT2D eigenvalue weighted by molar-refractivity contribution is 0.0699. The molecule has 128 valence electrons. The zero-order chi connectivity index (χ0) is 17.2. The Balaban J connectivity index is 1.43. The van der Waals surface area contributed by atoms with Crippen LogP contribution in [0.15, 0.2) is 59.6 Å². The summed E-state index contributed by atoms with van der Waals surface area (Å²) in [6.45, 7) is 1.60. The van der Waals surface area contributed by atoms with Gasteiger partial charge in [-0.3, -0.25) is 4.79 Å². The highest BCUT2D eigenvalue weighted by Gasteiger charge is 2.25. The van der Waals surface area contributed by atoms with Gasteiger partial charge in [-0.15, -0.1) is 11.3 Å². The van der Waals surface area contributed by atoms with E-state index in [9.17, 15) is 4.79 Å². The molecule has 4 nitrogen and oxygen atoms in total. The number of piperidine rings is 1. The number of likely N-dealkylation sites (tertiary alicyclic amines) is 1. The van der Waals surface area contributed by atoms with Gasteiger partial charge >= 0.3 is 0 Å². The van der Waals surface area contributed by atoms with Crippen LogP contribution >= 0.6 is 27.3 Å². The summed E-state index contributed by atoms with van der Waals surface area (Å²) in [5.74, 6) is 0.150. The molecule has 3 aromatic rings. The molecule has 3 heterocycles. The van der Waals surface area contributed by atoms with E-state index in [2.05, 4.69) is 37.6 Å². The molecule has 0 bridgehead atoms. The highest BCUT2D eigenvalue weighted by Crippen LogP contribution is 2.31. The van der Waals surface area contributed by atoms with E-state index in [0.717, 1.165) is 45.7 Å². The number of carbonyl (C=O) groups excluding carboxylic acids is 1. The summed E-state index contributed by atoms with van der Waals surface area (Å²) in [6, 6.07) is 12.6. The summed E-state index contributed by atoms with van der Waals surface area (Å²) in [4.78, 5) is 20.8. The molecule has 0 spiro atoms. The lowest BCUT2D eigenvalue weighted by Crippen LogP contribution is -2.38. The second-order valence-electron chi connectivity index (χ2n) is 6.20. The van der Waals surface area contributed by atoms with Crippen molar-refractivity contribution in [2.24, 2.45) is 0 Å². The van der Waals surface area contributed by atoms with E-state index in [4.69, 9.17) is 0 Å². The molecule has 1 saturated heterocycles. The summed E-state index contributed by atoms with van der Waals surface area (Å²) in [5.41, 5.74) is 1.14. The highest BCUT2D eigenvalue weighted by molar-refractivity contribution is 9.10. The molecule has 1 fully saturated rings. The fourth-order valence-corrected chi connectivity index (χ4v) is 4.47. The van der Waals surface area contributed by atoms with Crippen molar-refractivity contribution in [2.75, 3.05) is 13.1 Å². The summed E-state index contributed by atoms with van der Waals surface area (Å²) in [6.07, 6.45) is 7.64. The first kappa shape index (κ1) is 16.5. The number of carbonyl (C=O) groups is 1. The molecule has 0 aliphatic carbocycles. The molecule has 25 heavy (non-hydrogen) atoms. The van der Waals surface area contributed by atoms with Gasteiger partial charge in [0, 0.05) is 40.9 Å². The van der Waals surface area contributed by atoms with Gasteiger partial charge in [0.05, 0.1) is 11.2 Å². The second kappa shape index (κ2) is 7.14. The average Bonchev–Trinajstić information content (AvgIpc) is 3.34. The summed E-state index contributed by atoms with van der Waals surface area (Å²) in [7, 11) is 0. The molecule has 4 rings (SSSR count). The fourth-order valence-electron chi connectivity index (χ4n) is 3.23. The van der Waals surface area contributed by atoms with Gasteiger partial charge in [0.1, 0.15) is 0 Å². The lowest BCUT2D eigenvalue weighted by Gasteiger charge is -2.32. The number of thiophene rings is 1. The van der Waals surface area contributed by atoms with Crippen LogP contribution in [0.25, 0.3) is 10.4 Å². The molecule has 0 atom stereocenters. The van der Waals surface area contributed by atoms with Gasteiger partial charge in [-0.2, -0.15) is 0 Å². The van der Waals surface area contributed by atoms with E-state index in [1.807, 2.05) is 47.9 Å². The first-order chi connectivity index (χ1) is 12.2. The van der Waals surface area contributed by atoms with Crippen molar-refractivity contribution in [1.29, 1.82) is 0 Å². The Hall–Kier alpha value is -1.92. The van der Waals surface area contributed by atoms with Crippen LogP contribution in [0.4, 0.5) is 0 Å². The van der Waals surface area contributed by atoms with E-state index >= 15 is 0 Å². The van der Waals surface area contributed by atoms with E-state index < -0.39 is 0 Å². The minimum absolute atomic E-state index is 0.150. The predicted octanol–water partition coefficient (Wildman–Crippen LogP) is 4.85. The number of halogens is 1. The molecule has 0 unspecified atom stereocenters. The lowest BCUT2D eigenvalue weighted by atomic mass is 10.0. The Morgan fingerprint density at radius 2 is 1.88 bits per heavy atom. The van der Waals surface area contributed by atoms with Crippen LogP contribution in [0.5, 0.6) is 0 Å². The van der Waals surface area contributed by atoms with Crippen molar-refractivity contribution in [3.05, 3.63) is 64.5 Å². The Labute approximate surface area is 159 Å². The number of aromatic nitrogens is 2. The van der Waals surface area contributed by atoms with E-state index in [-0.39, 0.29) is 5.91 Å². The molecule has 0 radical (unpaired) electrons. The van der Waals surface area contributed by atoms with Gasteiger partial charge in [0.25, 0.3) is 5.91 Å². The number of benzene rings is 1. The van der Waals surface area contributed by atoms with Gasteiger partial charge in [-0.1, -0.05) is 28.1 Å². The highest BCUT2D eigenvalue weighted by atomic mass is 79.9.